The number of hydrogen-bond donors (Lipinski definition) is 0. The molecule has 5 nitrogen and oxygen atoms in total. The summed E-state index contributed by atoms with van der Waals surface area (Å²) in [6.07, 6.45) is 2.23. The first-order valence-electron chi connectivity index (χ1n) is 13.6. The fraction of sp³-hybridized carbons (Fsp3) is 0.364. The molecular formula is C33H35NO4. The lowest BCUT2D eigenvalue weighted by atomic mass is 9.84. The Balaban J connectivity index is 1.27. The lowest BCUT2D eigenvalue weighted by Crippen LogP contribution is -2.45. The molecule has 196 valence electrons. The van der Waals surface area contributed by atoms with E-state index in [9.17, 15) is 4.79 Å². The predicted molar refractivity (Wildman–Crippen MR) is 150 cm³/mol. The SMILES string of the molecule is CC(C)(C)OC(=O)ON1CCC(c2ccc3c4c(cccc24)CC3)C(OCc2ccc3ccccc3c2)C1. The number of carbonyl (C=O) groups is 1. The van der Waals surface area contributed by atoms with Crippen LogP contribution >= 0.6 is 0 Å². The van der Waals surface area contributed by atoms with E-state index in [0.717, 1.165) is 24.8 Å². The molecule has 2 aliphatic rings. The molecule has 1 aliphatic carbocycles. The van der Waals surface area contributed by atoms with Crippen LogP contribution in [0, 0.1) is 0 Å². The van der Waals surface area contributed by atoms with E-state index in [4.69, 9.17) is 14.3 Å². The van der Waals surface area contributed by atoms with Crippen molar-refractivity contribution < 1.29 is 19.1 Å². The molecule has 0 N–H and O–H groups in total. The second kappa shape index (κ2) is 10.0. The van der Waals surface area contributed by atoms with E-state index in [0.29, 0.717) is 19.7 Å². The summed E-state index contributed by atoms with van der Waals surface area (Å²) in [4.78, 5) is 18.0. The van der Waals surface area contributed by atoms with Gasteiger partial charge in [-0.2, -0.15) is 0 Å². The minimum Gasteiger partial charge on any atom is -0.427 e. The Morgan fingerprint density at radius 3 is 2.53 bits per heavy atom. The van der Waals surface area contributed by atoms with Crippen LogP contribution in [0.4, 0.5) is 4.79 Å². The first kappa shape index (κ1) is 24.9. The number of aryl methyl sites for hydroxylation is 2. The first-order valence-corrected chi connectivity index (χ1v) is 13.6. The Labute approximate surface area is 224 Å². The van der Waals surface area contributed by atoms with Crippen LogP contribution in [0.1, 0.15) is 55.4 Å². The number of fused-ring (bicyclic) bond motifs is 1. The highest BCUT2D eigenvalue weighted by molar-refractivity contribution is 5.93. The van der Waals surface area contributed by atoms with Crippen molar-refractivity contribution in [2.75, 3.05) is 13.1 Å². The van der Waals surface area contributed by atoms with Crippen LogP contribution in [-0.4, -0.2) is 36.0 Å². The summed E-state index contributed by atoms with van der Waals surface area (Å²) in [6, 6.07) is 26.1. The number of hydrogen-bond acceptors (Lipinski definition) is 5. The van der Waals surface area contributed by atoms with E-state index < -0.39 is 11.8 Å². The normalized spacial score (nSPS) is 19.7. The van der Waals surface area contributed by atoms with Crippen LogP contribution in [0.3, 0.4) is 0 Å². The van der Waals surface area contributed by atoms with Crippen molar-refractivity contribution >= 4 is 27.7 Å². The summed E-state index contributed by atoms with van der Waals surface area (Å²) in [7, 11) is 0. The van der Waals surface area contributed by atoms with Gasteiger partial charge >= 0.3 is 6.16 Å². The first-order chi connectivity index (χ1) is 18.3. The quantitative estimate of drug-likeness (QED) is 0.264. The second-order valence-electron chi connectivity index (χ2n) is 11.5. The number of ether oxygens (including phenoxy) is 2. The lowest BCUT2D eigenvalue weighted by Gasteiger charge is -2.38. The Morgan fingerprint density at radius 1 is 0.921 bits per heavy atom. The lowest BCUT2D eigenvalue weighted by molar-refractivity contribution is -0.179. The van der Waals surface area contributed by atoms with Crippen LogP contribution in [0.15, 0.2) is 72.8 Å². The van der Waals surface area contributed by atoms with Crippen molar-refractivity contribution in [1.82, 2.24) is 5.06 Å². The van der Waals surface area contributed by atoms with Gasteiger partial charge in [-0.05, 0) is 89.9 Å². The molecule has 1 aliphatic heterocycles. The zero-order valence-corrected chi connectivity index (χ0v) is 22.4. The largest absolute Gasteiger partial charge is 0.528 e. The highest BCUT2D eigenvalue weighted by Crippen LogP contribution is 2.40. The summed E-state index contributed by atoms with van der Waals surface area (Å²) < 4.78 is 12.1. The maximum absolute atomic E-state index is 12.4. The molecule has 5 heteroatoms. The summed E-state index contributed by atoms with van der Waals surface area (Å²) in [5.41, 5.74) is 4.74. The fourth-order valence-electron chi connectivity index (χ4n) is 5.99. The highest BCUT2D eigenvalue weighted by Gasteiger charge is 2.35. The molecule has 6 rings (SSSR count). The average molecular weight is 510 g/mol. The molecule has 4 aromatic carbocycles. The van der Waals surface area contributed by atoms with Crippen molar-refractivity contribution in [3.8, 4) is 0 Å². The molecule has 0 aromatic heterocycles. The molecule has 2 unspecified atom stereocenters. The van der Waals surface area contributed by atoms with Gasteiger partial charge in [0.25, 0.3) is 0 Å². The van der Waals surface area contributed by atoms with E-state index in [1.165, 1.54) is 38.2 Å². The zero-order chi connectivity index (χ0) is 26.3. The fourth-order valence-corrected chi connectivity index (χ4v) is 5.99. The molecule has 2 atom stereocenters. The standard InChI is InChI=1S/C33H35NO4/c1-33(2,3)37-32(35)38-34-18-17-28(27-16-15-25-14-13-24-9-6-10-29(27)31(24)25)30(20-34)36-21-22-11-12-23-7-4-5-8-26(23)19-22/h4-12,15-16,19,28,30H,13-14,17-18,20-21H2,1-3H3. The minimum absolute atomic E-state index is 0.142. The van der Waals surface area contributed by atoms with Gasteiger partial charge in [-0.25, -0.2) is 4.79 Å². The van der Waals surface area contributed by atoms with E-state index in [1.54, 1.807) is 5.06 Å². The van der Waals surface area contributed by atoms with Gasteiger partial charge in [-0.1, -0.05) is 66.7 Å². The number of benzene rings is 4. The van der Waals surface area contributed by atoms with E-state index in [1.807, 2.05) is 20.8 Å². The molecule has 0 amide bonds. The summed E-state index contributed by atoms with van der Waals surface area (Å²) >= 11 is 0. The second-order valence-corrected chi connectivity index (χ2v) is 11.5. The van der Waals surface area contributed by atoms with Crippen LogP contribution in [0.5, 0.6) is 0 Å². The van der Waals surface area contributed by atoms with Gasteiger partial charge in [0.15, 0.2) is 0 Å². The smallest absolute Gasteiger partial charge is 0.427 e. The summed E-state index contributed by atoms with van der Waals surface area (Å²) in [6.45, 7) is 7.12. The third-order valence-corrected chi connectivity index (χ3v) is 7.70. The Bertz CT molecular complexity index is 1480. The molecular weight excluding hydrogens is 474 g/mol. The average Bonchev–Trinajstić information content (AvgIpc) is 3.31. The van der Waals surface area contributed by atoms with Crippen molar-refractivity contribution in [3.05, 3.63) is 95.1 Å². The number of piperidine rings is 1. The molecule has 1 saturated heterocycles. The van der Waals surface area contributed by atoms with Gasteiger partial charge in [-0.3, -0.25) is 0 Å². The molecule has 0 radical (unpaired) electrons. The topological polar surface area (TPSA) is 48.0 Å². The number of hydroxylamine groups is 2. The molecule has 4 aromatic rings. The monoisotopic (exact) mass is 509 g/mol. The van der Waals surface area contributed by atoms with Gasteiger partial charge in [0.1, 0.15) is 5.60 Å². The van der Waals surface area contributed by atoms with E-state index in [-0.39, 0.29) is 12.0 Å². The Morgan fingerprint density at radius 2 is 1.71 bits per heavy atom. The Hall–Kier alpha value is -3.41. The molecule has 1 heterocycles. The van der Waals surface area contributed by atoms with Gasteiger partial charge < -0.3 is 14.3 Å². The molecule has 38 heavy (non-hydrogen) atoms. The van der Waals surface area contributed by atoms with Crippen LogP contribution < -0.4 is 0 Å². The minimum atomic E-state index is -0.672. The predicted octanol–water partition coefficient (Wildman–Crippen LogP) is 7.33. The van der Waals surface area contributed by atoms with Crippen LogP contribution in [0.25, 0.3) is 21.5 Å². The molecule has 1 fully saturated rings. The maximum Gasteiger partial charge on any atom is 0.528 e. The van der Waals surface area contributed by atoms with E-state index >= 15 is 0 Å². The number of rotatable bonds is 5. The zero-order valence-electron chi connectivity index (χ0n) is 22.4. The summed E-state index contributed by atoms with van der Waals surface area (Å²) in [5.74, 6) is 0.193. The molecule has 0 bridgehead atoms. The van der Waals surface area contributed by atoms with Crippen molar-refractivity contribution in [3.63, 3.8) is 0 Å². The van der Waals surface area contributed by atoms with Crippen LogP contribution in [0.2, 0.25) is 0 Å². The maximum atomic E-state index is 12.4. The van der Waals surface area contributed by atoms with Gasteiger partial charge in [0.05, 0.1) is 19.3 Å². The van der Waals surface area contributed by atoms with Gasteiger partial charge in [0, 0.05) is 12.5 Å². The van der Waals surface area contributed by atoms with Gasteiger partial charge in [-0.15, -0.1) is 5.06 Å². The van der Waals surface area contributed by atoms with E-state index in [2.05, 4.69) is 72.8 Å². The number of carbonyl (C=O) groups excluding carboxylic acids is 1. The van der Waals surface area contributed by atoms with Crippen molar-refractivity contribution in [1.29, 1.82) is 0 Å². The van der Waals surface area contributed by atoms with Crippen molar-refractivity contribution in [2.45, 2.75) is 64.3 Å². The highest BCUT2D eigenvalue weighted by atomic mass is 16.8. The number of nitrogens with zero attached hydrogens (tertiary/aromatic N) is 1. The molecule has 0 saturated carbocycles. The third-order valence-electron chi connectivity index (χ3n) is 7.70. The molecule has 0 spiro atoms. The van der Waals surface area contributed by atoms with Gasteiger partial charge in [0.2, 0.25) is 0 Å². The van der Waals surface area contributed by atoms with Crippen molar-refractivity contribution in [2.24, 2.45) is 0 Å². The summed E-state index contributed by atoms with van der Waals surface area (Å²) in [5, 5.41) is 6.89. The Kier molecular flexibility index (Phi) is 6.58. The third kappa shape index (κ3) is 5.13. The van der Waals surface area contributed by atoms with Crippen LogP contribution in [-0.2, 0) is 33.8 Å².